The van der Waals surface area contributed by atoms with Crippen LogP contribution < -0.4 is 15.1 Å². The maximum Gasteiger partial charge on any atom is 0.321 e. The summed E-state index contributed by atoms with van der Waals surface area (Å²) < 4.78 is 0. The number of urea groups is 1. The number of hydrogen-bond donors (Lipinski definition) is 1. The van der Waals surface area contributed by atoms with Crippen molar-refractivity contribution in [3.63, 3.8) is 0 Å². The summed E-state index contributed by atoms with van der Waals surface area (Å²) in [4.78, 5) is 19.0. The van der Waals surface area contributed by atoms with E-state index in [2.05, 4.69) is 58.2 Å². The molecule has 2 saturated heterocycles. The van der Waals surface area contributed by atoms with E-state index in [0.717, 1.165) is 37.0 Å². The number of anilines is 3. The number of piperidine rings is 1. The second-order valence-electron chi connectivity index (χ2n) is 8.49. The fourth-order valence-corrected chi connectivity index (χ4v) is 4.24. The van der Waals surface area contributed by atoms with E-state index in [4.69, 9.17) is 0 Å². The summed E-state index contributed by atoms with van der Waals surface area (Å²) in [5.41, 5.74) is 3.25. The van der Waals surface area contributed by atoms with Gasteiger partial charge in [0.2, 0.25) is 0 Å². The second kappa shape index (κ2) is 8.90. The third-order valence-corrected chi connectivity index (χ3v) is 6.38. The van der Waals surface area contributed by atoms with E-state index in [-0.39, 0.29) is 6.03 Å². The van der Waals surface area contributed by atoms with Gasteiger partial charge in [-0.25, -0.2) is 4.79 Å². The molecule has 0 radical (unpaired) electrons. The number of hydrogen-bond acceptors (Lipinski definition) is 5. The van der Waals surface area contributed by atoms with Crippen LogP contribution >= 0.6 is 0 Å². The Balaban J connectivity index is 1.31. The molecule has 4 rings (SSSR count). The number of nitrogens with one attached hydrogen (secondary N) is 1. The Morgan fingerprint density at radius 1 is 0.933 bits per heavy atom. The van der Waals surface area contributed by atoms with Gasteiger partial charge < -0.3 is 20.0 Å². The molecule has 1 atom stereocenters. The zero-order valence-electron chi connectivity index (χ0n) is 18.3. The van der Waals surface area contributed by atoms with Crippen molar-refractivity contribution in [3.8, 4) is 0 Å². The summed E-state index contributed by atoms with van der Waals surface area (Å²) in [7, 11) is 0. The first-order valence-corrected chi connectivity index (χ1v) is 11.0. The van der Waals surface area contributed by atoms with Gasteiger partial charge in [-0.05, 0) is 75.4 Å². The van der Waals surface area contributed by atoms with E-state index >= 15 is 0 Å². The zero-order valence-corrected chi connectivity index (χ0v) is 18.3. The highest BCUT2D eigenvalue weighted by Crippen LogP contribution is 2.24. The maximum absolute atomic E-state index is 12.6. The summed E-state index contributed by atoms with van der Waals surface area (Å²) >= 11 is 0. The smallest absolute Gasteiger partial charge is 0.321 e. The first kappa shape index (κ1) is 20.4. The third kappa shape index (κ3) is 4.50. The summed E-state index contributed by atoms with van der Waals surface area (Å²) in [5, 5.41) is 12.0. The van der Waals surface area contributed by atoms with Gasteiger partial charge in [0.15, 0.2) is 11.6 Å². The standard InChI is InChI=1S/C23H32N6O/c1-17-7-8-20(16-18(17)2)24-23(30)28-14-12-27(13-15-28)21-9-10-22(26-25-21)29-11-5-4-6-19(29)3/h7-10,16,19H,4-6,11-15H2,1-3H3,(H,24,30). The minimum Gasteiger partial charge on any atom is -0.352 e. The SMILES string of the molecule is Cc1ccc(NC(=O)N2CCN(c3ccc(N4CCCCC4C)nn3)CC2)cc1C. The van der Waals surface area contributed by atoms with Crippen molar-refractivity contribution < 1.29 is 4.79 Å². The molecule has 0 aliphatic carbocycles. The lowest BCUT2D eigenvalue weighted by Crippen LogP contribution is -2.50. The van der Waals surface area contributed by atoms with Gasteiger partial charge in [0, 0.05) is 44.5 Å². The molecule has 1 N–H and O–H groups in total. The molecule has 3 heterocycles. The Bertz CT molecular complexity index is 876. The molecule has 0 bridgehead atoms. The van der Waals surface area contributed by atoms with Crippen molar-refractivity contribution in [3.05, 3.63) is 41.5 Å². The number of carbonyl (C=O) groups is 1. The van der Waals surface area contributed by atoms with E-state index in [1.807, 2.05) is 23.1 Å². The highest BCUT2D eigenvalue weighted by Gasteiger charge is 2.24. The Morgan fingerprint density at radius 3 is 2.33 bits per heavy atom. The number of carbonyl (C=O) groups excluding carboxylic acids is 1. The predicted octanol–water partition coefficient (Wildman–Crippen LogP) is 3.83. The van der Waals surface area contributed by atoms with Crippen molar-refractivity contribution in [2.75, 3.05) is 47.8 Å². The lowest BCUT2D eigenvalue weighted by molar-refractivity contribution is 0.208. The van der Waals surface area contributed by atoms with Gasteiger partial charge >= 0.3 is 6.03 Å². The van der Waals surface area contributed by atoms with Crippen LogP contribution in [0.25, 0.3) is 0 Å². The molecule has 30 heavy (non-hydrogen) atoms. The average molecular weight is 409 g/mol. The molecule has 2 aliphatic rings. The van der Waals surface area contributed by atoms with Crippen LogP contribution in [0.2, 0.25) is 0 Å². The number of aryl methyl sites for hydroxylation is 2. The van der Waals surface area contributed by atoms with E-state index in [9.17, 15) is 4.79 Å². The Kier molecular flexibility index (Phi) is 6.06. The quantitative estimate of drug-likeness (QED) is 0.836. The topological polar surface area (TPSA) is 64.6 Å². The molecule has 7 nitrogen and oxygen atoms in total. The molecular weight excluding hydrogens is 376 g/mol. The van der Waals surface area contributed by atoms with E-state index in [1.165, 1.54) is 30.4 Å². The highest BCUT2D eigenvalue weighted by atomic mass is 16.2. The van der Waals surface area contributed by atoms with Gasteiger partial charge in [0.25, 0.3) is 0 Å². The van der Waals surface area contributed by atoms with Crippen molar-refractivity contribution in [2.45, 2.75) is 46.1 Å². The number of aromatic nitrogens is 2. The number of rotatable bonds is 3. The van der Waals surface area contributed by atoms with Crippen molar-refractivity contribution >= 4 is 23.4 Å². The van der Waals surface area contributed by atoms with Crippen LogP contribution in [0.1, 0.15) is 37.3 Å². The second-order valence-corrected chi connectivity index (χ2v) is 8.49. The van der Waals surface area contributed by atoms with E-state index in [0.29, 0.717) is 19.1 Å². The Labute approximate surface area is 179 Å². The van der Waals surface area contributed by atoms with Gasteiger partial charge in [0.05, 0.1) is 0 Å². The van der Waals surface area contributed by atoms with Crippen LogP contribution in [0.4, 0.5) is 22.1 Å². The van der Waals surface area contributed by atoms with E-state index in [1.54, 1.807) is 0 Å². The van der Waals surface area contributed by atoms with Crippen LogP contribution in [0.3, 0.4) is 0 Å². The summed E-state index contributed by atoms with van der Waals surface area (Å²) in [6.07, 6.45) is 3.74. The Hall–Kier alpha value is -2.83. The fourth-order valence-electron chi connectivity index (χ4n) is 4.24. The lowest BCUT2D eigenvalue weighted by atomic mass is 10.0. The van der Waals surface area contributed by atoms with Gasteiger partial charge in [-0.15, -0.1) is 10.2 Å². The zero-order chi connectivity index (χ0) is 21.1. The van der Waals surface area contributed by atoms with Gasteiger partial charge in [-0.3, -0.25) is 0 Å². The molecule has 2 aliphatic heterocycles. The molecule has 1 aromatic heterocycles. The van der Waals surface area contributed by atoms with E-state index < -0.39 is 0 Å². The molecule has 7 heteroatoms. The molecule has 2 amide bonds. The van der Waals surface area contributed by atoms with Crippen LogP contribution in [-0.2, 0) is 0 Å². The number of amides is 2. The van der Waals surface area contributed by atoms with Crippen LogP contribution in [-0.4, -0.2) is 59.9 Å². The third-order valence-electron chi connectivity index (χ3n) is 6.38. The predicted molar refractivity (Wildman–Crippen MR) is 121 cm³/mol. The molecule has 0 spiro atoms. The largest absolute Gasteiger partial charge is 0.352 e. The molecule has 1 aromatic carbocycles. The molecule has 2 aromatic rings. The average Bonchev–Trinajstić information content (AvgIpc) is 2.77. The lowest BCUT2D eigenvalue weighted by Gasteiger charge is -2.36. The molecule has 0 saturated carbocycles. The van der Waals surface area contributed by atoms with Gasteiger partial charge in [0.1, 0.15) is 0 Å². The summed E-state index contributed by atoms with van der Waals surface area (Å²) in [5.74, 6) is 1.86. The minimum atomic E-state index is -0.0431. The first-order chi connectivity index (χ1) is 14.5. The highest BCUT2D eigenvalue weighted by molar-refractivity contribution is 5.89. The summed E-state index contributed by atoms with van der Waals surface area (Å²) in [6.45, 7) is 10.3. The monoisotopic (exact) mass is 408 g/mol. The van der Waals surface area contributed by atoms with Gasteiger partial charge in [-0.2, -0.15) is 0 Å². The Morgan fingerprint density at radius 2 is 1.67 bits per heavy atom. The summed E-state index contributed by atoms with van der Waals surface area (Å²) in [6, 6.07) is 10.6. The molecular formula is C23H32N6O. The van der Waals surface area contributed by atoms with Crippen LogP contribution in [0, 0.1) is 13.8 Å². The number of piperazine rings is 1. The number of benzene rings is 1. The fraction of sp³-hybridized carbons (Fsp3) is 0.522. The molecule has 2 fully saturated rings. The van der Waals surface area contributed by atoms with Crippen molar-refractivity contribution in [2.24, 2.45) is 0 Å². The van der Waals surface area contributed by atoms with Gasteiger partial charge in [-0.1, -0.05) is 6.07 Å². The van der Waals surface area contributed by atoms with Crippen molar-refractivity contribution in [1.29, 1.82) is 0 Å². The molecule has 160 valence electrons. The minimum absolute atomic E-state index is 0.0431. The normalized spacial score (nSPS) is 19.7. The number of nitrogens with zero attached hydrogens (tertiary/aromatic N) is 5. The van der Waals surface area contributed by atoms with Crippen LogP contribution in [0.15, 0.2) is 30.3 Å². The first-order valence-electron chi connectivity index (χ1n) is 11.0. The van der Waals surface area contributed by atoms with Crippen LogP contribution in [0.5, 0.6) is 0 Å². The maximum atomic E-state index is 12.6. The molecule has 1 unspecified atom stereocenters. The van der Waals surface area contributed by atoms with Crippen molar-refractivity contribution in [1.82, 2.24) is 15.1 Å².